The quantitative estimate of drug-likeness (QED) is 0.903. The molecule has 0 spiro atoms. The van der Waals surface area contributed by atoms with E-state index in [9.17, 15) is 5.11 Å². The molecule has 0 aromatic heterocycles. The summed E-state index contributed by atoms with van der Waals surface area (Å²) in [6.45, 7) is 0.976. The summed E-state index contributed by atoms with van der Waals surface area (Å²) >= 11 is 0. The Hall–Kier alpha value is -1.68. The molecule has 0 saturated carbocycles. The Balaban J connectivity index is 2.01. The van der Waals surface area contributed by atoms with Gasteiger partial charge in [-0.05, 0) is 17.5 Å². The largest absolute Gasteiger partial charge is 0.395 e. The monoisotopic (exact) mass is 282 g/mol. The maximum Gasteiger partial charge on any atom is 0.0605 e. The Morgan fingerprint density at radius 3 is 2.00 bits per heavy atom. The summed E-state index contributed by atoms with van der Waals surface area (Å²) in [4.78, 5) is 2.34. The molecule has 2 aromatic rings. The molecule has 3 rings (SSSR count). The van der Waals surface area contributed by atoms with Gasteiger partial charge in [0.2, 0.25) is 0 Å². The van der Waals surface area contributed by atoms with E-state index in [4.69, 9.17) is 5.73 Å². The average molecular weight is 282 g/mol. The minimum absolute atomic E-state index is 0.130. The van der Waals surface area contributed by atoms with Gasteiger partial charge in [0.05, 0.1) is 12.6 Å². The second-order valence-electron chi connectivity index (χ2n) is 5.75. The van der Waals surface area contributed by atoms with E-state index in [0.29, 0.717) is 0 Å². The van der Waals surface area contributed by atoms with Gasteiger partial charge in [0.1, 0.15) is 0 Å². The highest BCUT2D eigenvalue weighted by Crippen LogP contribution is 2.34. The van der Waals surface area contributed by atoms with Crippen LogP contribution in [-0.4, -0.2) is 35.2 Å². The lowest BCUT2D eigenvalue weighted by atomic mass is 9.96. The molecule has 21 heavy (non-hydrogen) atoms. The molecule has 2 aromatic carbocycles. The molecule has 3 N–H and O–H groups in total. The van der Waals surface area contributed by atoms with Crippen LogP contribution in [0, 0.1) is 0 Å². The van der Waals surface area contributed by atoms with Gasteiger partial charge in [0, 0.05) is 18.6 Å². The lowest BCUT2D eigenvalue weighted by molar-refractivity contribution is 0.134. The number of nitrogens with zero attached hydrogens (tertiary/aromatic N) is 1. The Morgan fingerprint density at radius 2 is 1.52 bits per heavy atom. The van der Waals surface area contributed by atoms with Gasteiger partial charge in [-0.15, -0.1) is 0 Å². The van der Waals surface area contributed by atoms with Crippen LogP contribution in [0.2, 0.25) is 0 Å². The molecule has 110 valence electrons. The number of aliphatic hydroxyl groups excluding tert-OH is 1. The molecule has 1 aliphatic rings. The summed E-state index contributed by atoms with van der Waals surface area (Å²) in [5.41, 5.74) is 8.63. The predicted octanol–water partition coefficient (Wildman–Crippen LogP) is 2.17. The van der Waals surface area contributed by atoms with Crippen LogP contribution in [0.4, 0.5) is 0 Å². The zero-order valence-electron chi connectivity index (χ0n) is 12.1. The van der Waals surface area contributed by atoms with Crippen LogP contribution in [0.15, 0.2) is 60.7 Å². The lowest BCUT2D eigenvalue weighted by Gasteiger charge is -2.33. The van der Waals surface area contributed by atoms with Crippen molar-refractivity contribution in [1.29, 1.82) is 0 Å². The fourth-order valence-corrected chi connectivity index (χ4v) is 3.32. The highest BCUT2D eigenvalue weighted by Gasteiger charge is 2.35. The molecular formula is C18H22N2O. The summed E-state index contributed by atoms with van der Waals surface area (Å²) in [5.74, 6) is 0. The number of nitrogens with two attached hydrogens (primary N) is 1. The molecule has 2 atom stereocenters. The first kappa shape index (κ1) is 14.3. The Kier molecular flexibility index (Phi) is 4.34. The van der Waals surface area contributed by atoms with E-state index in [1.54, 1.807) is 0 Å². The van der Waals surface area contributed by atoms with E-state index < -0.39 is 0 Å². The minimum atomic E-state index is 0.130. The van der Waals surface area contributed by atoms with Crippen LogP contribution >= 0.6 is 0 Å². The molecule has 1 fully saturated rings. The number of likely N-dealkylation sites (tertiary alicyclic amines) is 1. The highest BCUT2D eigenvalue weighted by molar-refractivity contribution is 5.32. The van der Waals surface area contributed by atoms with Crippen molar-refractivity contribution < 1.29 is 5.11 Å². The SMILES string of the molecule is NC1CC(CO)N(C(c2ccccc2)c2ccccc2)C1. The summed E-state index contributed by atoms with van der Waals surface area (Å²) in [7, 11) is 0. The van der Waals surface area contributed by atoms with E-state index in [2.05, 4.69) is 53.4 Å². The van der Waals surface area contributed by atoms with Gasteiger partial charge >= 0.3 is 0 Å². The standard InChI is InChI=1S/C18H22N2O/c19-16-11-17(13-21)20(12-16)18(14-7-3-1-4-8-14)15-9-5-2-6-10-15/h1-10,16-18,21H,11-13,19H2. The van der Waals surface area contributed by atoms with E-state index in [0.717, 1.165) is 13.0 Å². The molecule has 1 aliphatic heterocycles. The Labute approximate surface area is 126 Å². The first-order valence-corrected chi connectivity index (χ1v) is 7.51. The molecular weight excluding hydrogens is 260 g/mol. The van der Waals surface area contributed by atoms with Gasteiger partial charge in [0.15, 0.2) is 0 Å². The third kappa shape index (κ3) is 3.00. The van der Waals surface area contributed by atoms with Crippen LogP contribution in [-0.2, 0) is 0 Å². The number of hydrogen-bond donors (Lipinski definition) is 2. The van der Waals surface area contributed by atoms with E-state index in [-0.39, 0.29) is 24.7 Å². The third-order valence-corrected chi connectivity index (χ3v) is 4.26. The fraction of sp³-hybridized carbons (Fsp3) is 0.333. The van der Waals surface area contributed by atoms with Crippen molar-refractivity contribution in [3.63, 3.8) is 0 Å². The second-order valence-corrected chi connectivity index (χ2v) is 5.75. The first-order valence-electron chi connectivity index (χ1n) is 7.51. The maximum absolute atomic E-state index is 9.70. The van der Waals surface area contributed by atoms with Gasteiger partial charge in [-0.25, -0.2) is 0 Å². The highest BCUT2D eigenvalue weighted by atomic mass is 16.3. The van der Waals surface area contributed by atoms with Crippen molar-refractivity contribution >= 4 is 0 Å². The number of hydrogen-bond acceptors (Lipinski definition) is 3. The van der Waals surface area contributed by atoms with Crippen LogP contribution in [0.25, 0.3) is 0 Å². The van der Waals surface area contributed by atoms with E-state index in [1.807, 2.05) is 12.1 Å². The lowest BCUT2D eigenvalue weighted by Crippen LogP contribution is -2.37. The van der Waals surface area contributed by atoms with Crippen molar-refractivity contribution in [3.05, 3.63) is 71.8 Å². The van der Waals surface area contributed by atoms with Crippen LogP contribution in [0.3, 0.4) is 0 Å². The summed E-state index contributed by atoms with van der Waals surface area (Å²) < 4.78 is 0. The van der Waals surface area contributed by atoms with Gasteiger partial charge in [0.25, 0.3) is 0 Å². The van der Waals surface area contributed by atoms with Crippen molar-refractivity contribution in [2.75, 3.05) is 13.2 Å². The van der Waals surface area contributed by atoms with Gasteiger partial charge in [-0.1, -0.05) is 60.7 Å². The molecule has 1 saturated heterocycles. The van der Waals surface area contributed by atoms with Crippen molar-refractivity contribution in [3.8, 4) is 0 Å². The fourth-order valence-electron chi connectivity index (χ4n) is 3.32. The topological polar surface area (TPSA) is 49.5 Å². The average Bonchev–Trinajstić information content (AvgIpc) is 2.90. The van der Waals surface area contributed by atoms with Crippen LogP contribution in [0.1, 0.15) is 23.6 Å². The molecule has 3 nitrogen and oxygen atoms in total. The van der Waals surface area contributed by atoms with Gasteiger partial charge in [-0.2, -0.15) is 0 Å². The van der Waals surface area contributed by atoms with Gasteiger partial charge in [-0.3, -0.25) is 4.90 Å². The molecule has 3 heteroatoms. The number of benzene rings is 2. The second kappa shape index (κ2) is 6.39. The summed E-state index contributed by atoms with van der Waals surface area (Å²) in [6, 6.07) is 21.3. The van der Waals surface area contributed by atoms with Crippen LogP contribution < -0.4 is 5.73 Å². The first-order chi connectivity index (χ1) is 10.3. The summed E-state index contributed by atoms with van der Waals surface area (Å²) in [6.07, 6.45) is 0.854. The zero-order chi connectivity index (χ0) is 14.7. The summed E-state index contributed by atoms with van der Waals surface area (Å²) in [5, 5.41) is 9.70. The van der Waals surface area contributed by atoms with Gasteiger partial charge < -0.3 is 10.8 Å². The van der Waals surface area contributed by atoms with Crippen LogP contribution in [0.5, 0.6) is 0 Å². The maximum atomic E-state index is 9.70. The van der Waals surface area contributed by atoms with Crippen molar-refractivity contribution in [2.45, 2.75) is 24.5 Å². The molecule has 0 radical (unpaired) electrons. The zero-order valence-corrected chi connectivity index (χ0v) is 12.1. The Bertz CT molecular complexity index is 518. The number of aliphatic hydroxyl groups is 1. The normalized spacial score (nSPS) is 22.8. The molecule has 0 amide bonds. The molecule has 1 heterocycles. The third-order valence-electron chi connectivity index (χ3n) is 4.26. The molecule has 0 bridgehead atoms. The number of rotatable bonds is 4. The van der Waals surface area contributed by atoms with E-state index in [1.165, 1.54) is 11.1 Å². The van der Waals surface area contributed by atoms with E-state index >= 15 is 0 Å². The molecule has 0 aliphatic carbocycles. The van der Waals surface area contributed by atoms with Crippen molar-refractivity contribution in [1.82, 2.24) is 4.90 Å². The Morgan fingerprint density at radius 1 is 1.00 bits per heavy atom. The molecule has 2 unspecified atom stereocenters. The van der Waals surface area contributed by atoms with Crippen molar-refractivity contribution in [2.24, 2.45) is 5.73 Å². The minimum Gasteiger partial charge on any atom is -0.395 e. The predicted molar refractivity (Wildman–Crippen MR) is 84.9 cm³/mol. The smallest absolute Gasteiger partial charge is 0.0605 e.